The van der Waals surface area contributed by atoms with E-state index in [1.165, 1.54) is 13.8 Å². The summed E-state index contributed by atoms with van der Waals surface area (Å²) < 4.78 is 13.2. The quantitative estimate of drug-likeness (QED) is 0.167. The first kappa shape index (κ1) is 31.5. The number of aliphatic hydroxyl groups is 1. The van der Waals surface area contributed by atoms with Crippen molar-refractivity contribution in [3.63, 3.8) is 0 Å². The molecule has 0 radical (unpaired) electrons. The average Bonchev–Trinajstić information content (AvgIpc) is 3.04. The molecule has 1 aliphatic rings. The van der Waals surface area contributed by atoms with Gasteiger partial charge in [-0.15, -0.1) is 11.8 Å². The number of nitrogens with one attached hydrogen (secondary N) is 2. The fraction of sp³-hybridized carbons (Fsp3) is 0.278. The molecule has 5 rings (SSSR count). The maximum atomic E-state index is 11.4. The number of rotatable bonds is 10. The van der Waals surface area contributed by atoms with Gasteiger partial charge in [0.2, 0.25) is 11.8 Å². The van der Waals surface area contributed by atoms with Crippen molar-refractivity contribution in [3.05, 3.63) is 119 Å². The number of carbonyl (C=O) groups excluding carboxylic acids is 2. The number of amides is 2. The number of hydrogen-bond donors (Lipinski definition) is 3. The zero-order valence-corrected chi connectivity index (χ0v) is 26.0. The maximum Gasteiger partial charge on any atom is 0.221 e. The van der Waals surface area contributed by atoms with Crippen LogP contribution in [0.3, 0.4) is 0 Å². The lowest BCUT2D eigenvalue weighted by atomic mass is 9.91. The minimum absolute atomic E-state index is 0.00438. The SMILES string of the molecule is CC(=O)NCc1cccc(-c2ccc(C3OC(CSc4ccc(NC(C)=O)cc4)C(C)C(c4ccc(CO)cc4)O3)cc2)c1. The number of aliphatic hydroxyl groups excluding tert-OH is 1. The van der Waals surface area contributed by atoms with E-state index in [9.17, 15) is 14.7 Å². The van der Waals surface area contributed by atoms with E-state index in [1.54, 1.807) is 11.8 Å². The van der Waals surface area contributed by atoms with Crippen molar-refractivity contribution in [3.8, 4) is 11.1 Å². The molecule has 0 bridgehead atoms. The Kier molecular flexibility index (Phi) is 10.5. The summed E-state index contributed by atoms with van der Waals surface area (Å²) in [5.74, 6) is 0.650. The molecule has 1 heterocycles. The Morgan fingerprint density at radius 1 is 0.795 bits per heavy atom. The first-order chi connectivity index (χ1) is 21.3. The van der Waals surface area contributed by atoms with Crippen LogP contribution >= 0.6 is 11.8 Å². The van der Waals surface area contributed by atoms with Crippen molar-refractivity contribution >= 4 is 29.3 Å². The van der Waals surface area contributed by atoms with Crippen molar-refractivity contribution < 1.29 is 24.2 Å². The second-order valence-corrected chi connectivity index (χ2v) is 12.2. The molecule has 1 saturated heterocycles. The van der Waals surface area contributed by atoms with Crippen LogP contribution in [0.15, 0.2) is 102 Å². The summed E-state index contributed by atoms with van der Waals surface area (Å²) in [7, 11) is 0. The Labute approximate surface area is 263 Å². The topological polar surface area (TPSA) is 96.9 Å². The van der Waals surface area contributed by atoms with Gasteiger partial charge in [0.1, 0.15) is 0 Å². The molecule has 1 aliphatic heterocycles. The van der Waals surface area contributed by atoms with Gasteiger partial charge in [-0.3, -0.25) is 9.59 Å². The van der Waals surface area contributed by atoms with Crippen LogP contribution in [0.1, 0.15) is 55.4 Å². The van der Waals surface area contributed by atoms with Gasteiger partial charge in [0, 0.05) is 48.2 Å². The molecular weight excluding hydrogens is 572 g/mol. The van der Waals surface area contributed by atoms with E-state index in [-0.39, 0.29) is 36.5 Å². The maximum absolute atomic E-state index is 11.4. The third-order valence-electron chi connectivity index (χ3n) is 7.70. The molecule has 3 N–H and O–H groups in total. The smallest absolute Gasteiger partial charge is 0.221 e. The van der Waals surface area contributed by atoms with E-state index in [4.69, 9.17) is 9.47 Å². The van der Waals surface area contributed by atoms with Crippen LogP contribution in [0, 0.1) is 5.92 Å². The van der Waals surface area contributed by atoms with E-state index in [1.807, 2.05) is 72.8 Å². The molecule has 4 aromatic carbocycles. The molecule has 4 atom stereocenters. The highest BCUT2D eigenvalue weighted by Crippen LogP contribution is 2.43. The molecule has 2 amide bonds. The number of thioether (sulfide) groups is 1. The summed E-state index contributed by atoms with van der Waals surface area (Å²) >= 11 is 1.71. The minimum atomic E-state index is -0.554. The van der Waals surface area contributed by atoms with Crippen LogP contribution in [-0.4, -0.2) is 28.8 Å². The number of anilines is 1. The standard InChI is InChI=1S/C36H38N2O5S/c1-23-34(22-44-33-17-15-32(16-18-33)38-25(3)41)42-36(43-35(23)29-9-7-26(21-39)8-10-29)30-13-11-28(12-14-30)31-6-4-5-27(19-31)20-37-24(2)40/h4-19,23,34-36,39H,20-22H2,1-3H3,(H,37,40)(H,38,41). The lowest BCUT2D eigenvalue weighted by molar-refractivity contribution is -0.268. The normalized spacial score (nSPS) is 19.7. The fourth-order valence-electron chi connectivity index (χ4n) is 5.25. The minimum Gasteiger partial charge on any atom is -0.392 e. The summed E-state index contributed by atoms with van der Waals surface area (Å²) in [5.41, 5.74) is 6.78. The van der Waals surface area contributed by atoms with Crippen LogP contribution in [0.25, 0.3) is 11.1 Å². The van der Waals surface area contributed by atoms with Crippen LogP contribution < -0.4 is 10.6 Å². The predicted molar refractivity (Wildman–Crippen MR) is 174 cm³/mol. The van der Waals surface area contributed by atoms with Crippen molar-refractivity contribution in [2.75, 3.05) is 11.1 Å². The monoisotopic (exact) mass is 610 g/mol. The van der Waals surface area contributed by atoms with Gasteiger partial charge >= 0.3 is 0 Å². The molecular formula is C36H38N2O5S. The molecule has 1 fully saturated rings. The van der Waals surface area contributed by atoms with Crippen LogP contribution in [0.2, 0.25) is 0 Å². The molecule has 228 valence electrons. The molecule has 44 heavy (non-hydrogen) atoms. The predicted octanol–water partition coefficient (Wildman–Crippen LogP) is 7.02. The Hall–Kier alpha value is -3.95. The summed E-state index contributed by atoms with van der Waals surface area (Å²) in [6.07, 6.45) is -0.845. The Bertz CT molecular complexity index is 1560. The van der Waals surface area contributed by atoms with Gasteiger partial charge in [-0.25, -0.2) is 0 Å². The van der Waals surface area contributed by atoms with Gasteiger partial charge < -0.3 is 25.2 Å². The van der Waals surface area contributed by atoms with E-state index in [0.717, 1.165) is 49.7 Å². The third-order valence-corrected chi connectivity index (χ3v) is 8.80. The number of benzene rings is 4. The average molecular weight is 611 g/mol. The van der Waals surface area contributed by atoms with Gasteiger partial charge in [0.05, 0.1) is 18.8 Å². The zero-order valence-electron chi connectivity index (χ0n) is 25.2. The summed E-state index contributed by atoms with van der Waals surface area (Å²) in [4.78, 5) is 23.8. The van der Waals surface area contributed by atoms with Crippen molar-refractivity contribution in [1.82, 2.24) is 5.32 Å². The molecule has 0 aromatic heterocycles. The van der Waals surface area contributed by atoms with Crippen LogP contribution in [0.4, 0.5) is 5.69 Å². The highest BCUT2D eigenvalue weighted by atomic mass is 32.2. The van der Waals surface area contributed by atoms with Gasteiger partial charge in [0.15, 0.2) is 6.29 Å². The summed E-state index contributed by atoms with van der Waals surface area (Å²) in [6, 6.07) is 32.1. The third kappa shape index (κ3) is 8.15. The van der Waals surface area contributed by atoms with E-state index in [0.29, 0.717) is 6.54 Å². The lowest BCUT2D eigenvalue weighted by Crippen LogP contribution is -2.38. The van der Waals surface area contributed by atoms with Gasteiger partial charge in [-0.2, -0.15) is 0 Å². The number of carbonyl (C=O) groups is 2. The second-order valence-electron chi connectivity index (χ2n) is 11.1. The van der Waals surface area contributed by atoms with Crippen molar-refractivity contribution in [2.24, 2.45) is 5.92 Å². The molecule has 8 heteroatoms. The highest BCUT2D eigenvalue weighted by molar-refractivity contribution is 7.99. The molecule has 7 nitrogen and oxygen atoms in total. The highest BCUT2D eigenvalue weighted by Gasteiger charge is 2.38. The Balaban J connectivity index is 1.34. The largest absolute Gasteiger partial charge is 0.392 e. The lowest BCUT2D eigenvalue weighted by Gasteiger charge is -2.41. The van der Waals surface area contributed by atoms with Gasteiger partial charge in [0.25, 0.3) is 0 Å². The first-order valence-corrected chi connectivity index (χ1v) is 15.7. The van der Waals surface area contributed by atoms with Crippen LogP contribution in [0.5, 0.6) is 0 Å². The van der Waals surface area contributed by atoms with E-state index < -0.39 is 6.29 Å². The summed E-state index contributed by atoms with van der Waals surface area (Å²) in [5, 5.41) is 15.2. The Morgan fingerprint density at radius 2 is 1.50 bits per heavy atom. The van der Waals surface area contributed by atoms with E-state index >= 15 is 0 Å². The van der Waals surface area contributed by atoms with E-state index in [2.05, 4.69) is 41.8 Å². The van der Waals surface area contributed by atoms with Crippen molar-refractivity contribution in [2.45, 2.75) is 57.3 Å². The Morgan fingerprint density at radius 3 is 2.16 bits per heavy atom. The van der Waals surface area contributed by atoms with Crippen LogP contribution in [-0.2, 0) is 32.2 Å². The second kappa shape index (κ2) is 14.7. The van der Waals surface area contributed by atoms with Gasteiger partial charge in [-0.05, 0) is 58.1 Å². The number of hydrogen-bond acceptors (Lipinski definition) is 6. The molecule has 0 spiro atoms. The summed E-state index contributed by atoms with van der Waals surface area (Å²) in [6.45, 7) is 5.66. The number of ether oxygens (including phenoxy) is 2. The molecule has 4 unspecified atom stereocenters. The molecule has 0 aliphatic carbocycles. The van der Waals surface area contributed by atoms with Gasteiger partial charge in [-0.1, -0.05) is 73.7 Å². The molecule has 4 aromatic rings. The fourth-order valence-corrected chi connectivity index (χ4v) is 6.31. The molecule has 0 saturated carbocycles. The zero-order chi connectivity index (χ0) is 31.1. The van der Waals surface area contributed by atoms with Crippen molar-refractivity contribution in [1.29, 1.82) is 0 Å². The first-order valence-electron chi connectivity index (χ1n) is 14.7.